The number of carbonyl (C=O) groups is 1. The maximum Gasteiger partial charge on any atom is 0.416 e. The lowest BCUT2D eigenvalue weighted by molar-refractivity contribution is -0.148. The fraction of sp³-hybridized carbons (Fsp3) is 0.381. The molecule has 0 unspecified atom stereocenters. The van der Waals surface area contributed by atoms with E-state index in [1.165, 1.54) is 12.1 Å². The molecule has 150 valence electrons. The predicted molar refractivity (Wildman–Crippen MR) is 103 cm³/mol. The number of hydrogen-bond acceptors (Lipinski definition) is 4. The first-order chi connectivity index (χ1) is 13.4. The minimum absolute atomic E-state index is 0.0776. The summed E-state index contributed by atoms with van der Waals surface area (Å²) in [7, 11) is 0. The molecule has 1 aliphatic heterocycles. The van der Waals surface area contributed by atoms with Crippen LogP contribution in [-0.2, 0) is 15.7 Å². The van der Waals surface area contributed by atoms with Crippen LogP contribution in [0.25, 0.3) is 0 Å². The summed E-state index contributed by atoms with van der Waals surface area (Å²) < 4.78 is 43.3. The van der Waals surface area contributed by atoms with Gasteiger partial charge in [-0.1, -0.05) is 12.1 Å². The van der Waals surface area contributed by atoms with Crippen LogP contribution in [0.2, 0.25) is 0 Å². The van der Waals surface area contributed by atoms with E-state index in [2.05, 4.69) is 10.2 Å². The van der Waals surface area contributed by atoms with Crippen LogP contribution in [0.3, 0.4) is 0 Å². The van der Waals surface area contributed by atoms with Crippen molar-refractivity contribution >= 4 is 23.0 Å². The molecule has 0 atom stereocenters. The van der Waals surface area contributed by atoms with Gasteiger partial charge in [-0.15, -0.1) is 0 Å². The zero-order chi connectivity index (χ0) is 20.1. The molecule has 0 aromatic heterocycles. The third-order valence-electron chi connectivity index (χ3n) is 4.85. The first-order valence-electron chi connectivity index (χ1n) is 9.33. The zero-order valence-corrected chi connectivity index (χ0v) is 15.6. The fourth-order valence-corrected chi connectivity index (χ4v) is 3.37. The Kier molecular flexibility index (Phi) is 6.11. The summed E-state index contributed by atoms with van der Waals surface area (Å²) in [5, 5.41) is 3.20. The molecule has 7 heteroatoms. The van der Waals surface area contributed by atoms with Gasteiger partial charge >= 0.3 is 12.1 Å². The molecular formula is C21H23F3N2O2. The average Bonchev–Trinajstić information content (AvgIpc) is 2.68. The lowest BCUT2D eigenvalue weighted by atomic mass is 9.96. The topological polar surface area (TPSA) is 41.6 Å². The molecule has 1 N–H and O–H groups in total. The van der Waals surface area contributed by atoms with E-state index in [0.717, 1.165) is 36.6 Å². The standard InChI is InChI=1S/C21H23F3N2O2/c1-2-28-20(27)15-11-13-26(14-12-15)19-6-4-3-5-18(19)25-17-9-7-16(8-10-17)21(22,23)24/h3-10,15,25H,2,11-14H2,1H3. The third-order valence-corrected chi connectivity index (χ3v) is 4.85. The number of halogens is 3. The number of carbonyl (C=O) groups excluding carboxylic acids is 1. The first-order valence-corrected chi connectivity index (χ1v) is 9.33. The van der Waals surface area contributed by atoms with Crippen LogP contribution in [0.15, 0.2) is 48.5 Å². The van der Waals surface area contributed by atoms with E-state index in [1.54, 1.807) is 6.92 Å². The van der Waals surface area contributed by atoms with Crippen LogP contribution < -0.4 is 10.2 Å². The first kappa shape index (κ1) is 20.0. The third kappa shape index (κ3) is 4.77. The molecule has 0 spiro atoms. The Labute approximate surface area is 162 Å². The number of alkyl halides is 3. The second kappa shape index (κ2) is 8.54. The van der Waals surface area contributed by atoms with E-state index in [9.17, 15) is 18.0 Å². The highest BCUT2D eigenvalue weighted by Gasteiger charge is 2.30. The van der Waals surface area contributed by atoms with Crippen molar-refractivity contribution in [3.05, 3.63) is 54.1 Å². The molecule has 1 fully saturated rings. The van der Waals surface area contributed by atoms with Crippen molar-refractivity contribution in [2.75, 3.05) is 29.9 Å². The molecule has 1 aliphatic rings. The van der Waals surface area contributed by atoms with Gasteiger partial charge in [-0.3, -0.25) is 4.79 Å². The zero-order valence-electron chi connectivity index (χ0n) is 15.6. The van der Waals surface area contributed by atoms with E-state index in [4.69, 9.17) is 4.74 Å². The highest BCUT2D eigenvalue weighted by atomic mass is 19.4. The van der Waals surface area contributed by atoms with Crippen LogP contribution in [0.1, 0.15) is 25.3 Å². The molecule has 28 heavy (non-hydrogen) atoms. The van der Waals surface area contributed by atoms with Gasteiger partial charge in [0.2, 0.25) is 0 Å². The van der Waals surface area contributed by atoms with Gasteiger partial charge in [0, 0.05) is 18.8 Å². The van der Waals surface area contributed by atoms with E-state index < -0.39 is 11.7 Å². The van der Waals surface area contributed by atoms with Gasteiger partial charge in [0.05, 0.1) is 29.5 Å². The number of nitrogens with zero attached hydrogens (tertiary/aromatic N) is 1. The summed E-state index contributed by atoms with van der Waals surface area (Å²) in [6.07, 6.45) is -2.92. The van der Waals surface area contributed by atoms with E-state index >= 15 is 0 Å². The van der Waals surface area contributed by atoms with Gasteiger partial charge in [0.15, 0.2) is 0 Å². The molecule has 2 aromatic rings. The highest BCUT2D eigenvalue weighted by Crippen LogP contribution is 2.34. The van der Waals surface area contributed by atoms with Gasteiger partial charge < -0.3 is 15.0 Å². The summed E-state index contributed by atoms with van der Waals surface area (Å²) in [4.78, 5) is 14.1. The van der Waals surface area contributed by atoms with Gasteiger partial charge in [0.25, 0.3) is 0 Å². The number of anilines is 3. The van der Waals surface area contributed by atoms with E-state index in [0.29, 0.717) is 25.1 Å². The van der Waals surface area contributed by atoms with Crippen LogP contribution >= 0.6 is 0 Å². The quantitative estimate of drug-likeness (QED) is 0.708. The number of nitrogens with one attached hydrogen (secondary N) is 1. The summed E-state index contributed by atoms with van der Waals surface area (Å²) >= 11 is 0. The largest absolute Gasteiger partial charge is 0.466 e. The molecule has 0 radical (unpaired) electrons. The molecule has 4 nitrogen and oxygen atoms in total. The van der Waals surface area contributed by atoms with Crippen molar-refractivity contribution < 1.29 is 22.7 Å². The molecule has 1 heterocycles. The van der Waals surface area contributed by atoms with Crippen molar-refractivity contribution in [2.45, 2.75) is 25.9 Å². The SMILES string of the molecule is CCOC(=O)C1CCN(c2ccccc2Nc2ccc(C(F)(F)F)cc2)CC1. The number of benzene rings is 2. The Bertz CT molecular complexity index is 798. The van der Waals surface area contributed by atoms with E-state index in [1.807, 2.05) is 24.3 Å². The second-order valence-corrected chi connectivity index (χ2v) is 6.73. The Morgan fingerprint density at radius 3 is 2.36 bits per heavy atom. The molecule has 0 bridgehead atoms. The number of esters is 1. The predicted octanol–water partition coefficient (Wildman–Crippen LogP) is 5.23. The van der Waals surface area contributed by atoms with Gasteiger partial charge in [-0.05, 0) is 56.2 Å². The Balaban J connectivity index is 1.69. The smallest absolute Gasteiger partial charge is 0.416 e. The number of hydrogen-bond donors (Lipinski definition) is 1. The number of ether oxygens (including phenoxy) is 1. The maximum atomic E-state index is 12.7. The van der Waals surface area contributed by atoms with Crippen LogP contribution in [0.4, 0.5) is 30.2 Å². The lowest BCUT2D eigenvalue weighted by Crippen LogP contribution is -2.37. The Morgan fingerprint density at radius 1 is 1.11 bits per heavy atom. The maximum absolute atomic E-state index is 12.7. The molecular weight excluding hydrogens is 369 g/mol. The number of rotatable bonds is 5. The summed E-state index contributed by atoms with van der Waals surface area (Å²) in [5.41, 5.74) is 1.69. The molecule has 1 saturated heterocycles. The molecule has 2 aromatic carbocycles. The number of para-hydroxylation sites is 2. The van der Waals surface area contributed by atoms with Crippen LogP contribution in [-0.4, -0.2) is 25.7 Å². The summed E-state index contributed by atoms with van der Waals surface area (Å²) in [6.45, 7) is 3.62. The summed E-state index contributed by atoms with van der Waals surface area (Å²) in [6, 6.07) is 12.6. The fourth-order valence-electron chi connectivity index (χ4n) is 3.37. The van der Waals surface area contributed by atoms with Crippen molar-refractivity contribution in [1.29, 1.82) is 0 Å². The van der Waals surface area contributed by atoms with Gasteiger partial charge in [-0.2, -0.15) is 13.2 Å². The molecule has 3 rings (SSSR count). The van der Waals surface area contributed by atoms with Crippen molar-refractivity contribution in [3.8, 4) is 0 Å². The van der Waals surface area contributed by atoms with Crippen molar-refractivity contribution in [1.82, 2.24) is 0 Å². The summed E-state index contributed by atoms with van der Waals surface area (Å²) in [5.74, 6) is -0.218. The minimum Gasteiger partial charge on any atom is -0.466 e. The molecule has 0 aliphatic carbocycles. The second-order valence-electron chi connectivity index (χ2n) is 6.73. The van der Waals surface area contributed by atoms with Crippen molar-refractivity contribution in [2.24, 2.45) is 5.92 Å². The number of piperidine rings is 1. The lowest BCUT2D eigenvalue weighted by Gasteiger charge is -2.34. The van der Waals surface area contributed by atoms with Crippen molar-refractivity contribution in [3.63, 3.8) is 0 Å². The monoisotopic (exact) mass is 392 g/mol. The van der Waals surface area contributed by atoms with Crippen LogP contribution in [0.5, 0.6) is 0 Å². The Morgan fingerprint density at radius 2 is 1.75 bits per heavy atom. The van der Waals surface area contributed by atoms with Gasteiger partial charge in [-0.25, -0.2) is 0 Å². The highest BCUT2D eigenvalue weighted by molar-refractivity contribution is 5.76. The normalized spacial score (nSPS) is 15.4. The Hall–Kier alpha value is -2.70. The van der Waals surface area contributed by atoms with Crippen LogP contribution in [0, 0.1) is 5.92 Å². The minimum atomic E-state index is -4.35. The van der Waals surface area contributed by atoms with Gasteiger partial charge in [0.1, 0.15) is 0 Å². The average molecular weight is 392 g/mol. The molecule has 0 saturated carbocycles. The molecule has 0 amide bonds. The van der Waals surface area contributed by atoms with E-state index in [-0.39, 0.29) is 11.9 Å².